The number of rotatable bonds is 4. The molecular weight excluding hydrogens is 408 g/mol. The number of fused-ring (bicyclic) bond motifs is 2. The van der Waals surface area contributed by atoms with Crippen molar-refractivity contribution in [3.63, 3.8) is 0 Å². The van der Waals surface area contributed by atoms with Gasteiger partial charge in [-0.25, -0.2) is 9.97 Å². The van der Waals surface area contributed by atoms with Gasteiger partial charge in [0.25, 0.3) is 0 Å². The fourth-order valence-electron chi connectivity index (χ4n) is 3.33. The normalized spacial score (nSPS) is 12.0. The maximum Gasteiger partial charge on any atom is 0.130 e. The van der Waals surface area contributed by atoms with Crippen LogP contribution in [0.5, 0.6) is 5.75 Å². The van der Waals surface area contributed by atoms with Gasteiger partial charge in [0.05, 0.1) is 20.4 Å². The van der Waals surface area contributed by atoms with Crippen molar-refractivity contribution in [1.82, 2.24) is 9.97 Å². The van der Waals surface area contributed by atoms with Gasteiger partial charge in [-0.1, -0.05) is 24.3 Å². The van der Waals surface area contributed by atoms with Gasteiger partial charge in [0.2, 0.25) is 0 Å². The molecular formula is C25H18N2OS2. The van der Waals surface area contributed by atoms with E-state index < -0.39 is 0 Å². The number of phenolic OH excluding ortho intramolecular Hbond substituents is 1. The summed E-state index contributed by atoms with van der Waals surface area (Å²) in [6.45, 7) is 2.03. The molecule has 0 saturated heterocycles. The first-order chi connectivity index (χ1) is 14.7. The van der Waals surface area contributed by atoms with E-state index in [-0.39, 0.29) is 5.75 Å². The van der Waals surface area contributed by atoms with Crippen LogP contribution in [0.25, 0.3) is 44.7 Å². The average Bonchev–Trinajstić information content (AvgIpc) is 3.36. The van der Waals surface area contributed by atoms with Crippen LogP contribution in [0.2, 0.25) is 0 Å². The first kappa shape index (κ1) is 18.7. The van der Waals surface area contributed by atoms with Crippen LogP contribution in [0, 0.1) is 6.92 Å². The fraction of sp³-hybridized carbons (Fsp3) is 0.0400. The van der Waals surface area contributed by atoms with Gasteiger partial charge in [-0.15, -0.1) is 22.7 Å². The van der Waals surface area contributed by atoms with E-state index >= 15 is 0 Å². The third-order valence-corrected chi connectivity index (χ3v) is 6.75. The third-order valence-electron chi connectivity index (χ3n) is 4.75. The highest BCUT2D eigenvalue weighted by atomic mass is 32.1. The Labute approximate surface area is 182 Å². The Morgan fingerprint density at radius 1 is 0.700 bits per heavy atom. The number of para-hydroxylation sites is 2. The Morgan fingerprint density at radius 2 is 1.17 bits per heavy atom. The molecule has 2 aromatic heterocycles. The zero-order chi connectivity index (χ0) is 20.5. The molecule has 0 aliphatic heterocycles. The lowest BCUT2D eigenvalue weighted by molar-refractivity contribution is 0.472. The van der Waals surface area contributed by atoms with E-state index in [9.17, 15) is 5.11 Å². The van der Waals surface area contributed by atoms with Gasteiger partial charge in [-0.3, -0.25) is 0 Å². The second-order valence-electron chi connectivity index (χ2n) is 7.00. The lowest BCUT2D eigenvalue weighted by Crippen LogP contribution is -1.84. The first-order valence-electron chi connectivity index (χ1n) is 9.57. The molecule has 146 valence electrons. The number of hydrogen-bond donors (Lipinski definition) is 1. The molecule has 1 N–H and O–H groups in total. The highest BCUT2D eigenvalue weighted by molar-refractivity contribution is 7.19. The summed E-state index contributed by atoms with van der Waals surface area (Å²) < 4.78 is 2.31. The zero-order valence-electron chi connectivity index (χ0n) is 16.2. The zero-order valence-corrected chi connectivity index (χ0v) is 17.9. The minimum absolute atomic E-state index is 0.260. The Kier molecular flexibility index (Phi) is 4.91. The molecule has 30 heavy (non-hydrogen) atoms. The molecule has 0 fully saturated rings. The van der Waals surface area contributed by atoms with Gasteiger partial charge >= 0.3 is 0 Å². The topological polar surface area (TPSA) is 46.0 Å². The molecule has 0 aliphatic carbocycles. The predicted molar refractivity (Wildman–Crippen MR) is 130 cm³/mol. The Hall–Kier alpha value is -3.28. The van der Waals surface area contributed by atoms with Crippen LogP contribution >= 0.6 is 22.7 Å². The maximum atomic E-state index is 10.8. The van der Waals surface area contributed by atoms with E-state index in [1.165, 1.54) is 0 Å². The molecule has 5 rings (SSSR count). The van der Waals surface area contributed by atoms with E-state index in [1.807, 2.05) is 79.8 Å². The molecule has 0 aliphatic rings. The Morgan fingerprint density at radius 3 is 1.63 bits per heavy atom. The fourth-order valence-corrected chi connectivity index (χ4v) is 5.07. The number of aromatic nitrogens is 2. The van der Waals surface area contributed by atoms with Crippen LogP contribution in [-0.4, -0.2) is 15.1 Å². The summed E-state index contributed by atoms with van der Waals surface area (Å²) in [4.78, 5) is 9.26. The summed E-state index contributed by atoms with van der Waals surface area (Å²) in [5.74, 6) is 0.260. The van der Waals surface area contributed by atoms with E-state index in [1.54, 1.807) is 22.7 Å². The number of aryl methyl sites for hydroxylation is 1. The van der Waals surface area contributed by atoms with Gasteiger partial charge in [0.15, 0.2) is 0 Å². The van der Waals surface area contributed by atoms with E-state index in [0.717, 1.165) is 47.1 Å². The monoisotopic (exact) mass is 426 g/mol. The lowest BCUT2D eigenvalue weighted by atomic mass is 10.0. The summed E-state index contributed by atoms with van der Waals surface area (Å²) in [6, 6.07) is 20.1. The van der Waals surface area contributed by atoms with Crippen molar-refractivity contribution in [1.29, 1.82) is 0 Å². The van der Waals surface area contributed by atoms with Gasteiger partial charge in [-0.05, 0) is 73.2 Å². The number of nitrogens with zero attached hydrogens (tertiary/aromatic N) is 2. The van der Waals surface area contributed by atoms with Crippen LogP contribution in [0.1, 0.15) is 26.7 Å². The molecule has 0 bridgehead atoms. The van der Waals surface area contributed by atoms with Crippen molar-refractivity contribution in [2.24, 2.45) is 0 Å². The van der Waals surface area contributed by atoms with Crippen LogP contribution in [0.3, 0.4) is 0 Å². The van der Waals surface area contributed by atoms with E-state index in [0.29, 0.717) is 0 Å². The van der Waals surface area contributed by atoms with Crippen molar-refractivity contribution < 1.29 is 5.11 Å². The lowest BCUT2D eigenvalue weighted by Gasteiger charge is -2.06. The van der Waals surface area contributed by atoms with Gasteiger partial charge < -0.3 is 5.11 Å². The Bertz CT molecular complexity index is 1250. The molecule has 5 aromatic rings. The van der Waals surface area contributed by atoms with Gasteiger partial charge in [0.1, 0.15) is 15.8 Å². The summed E-state index contributed by atoms with van der Waals surface area (Å²) in [5.41, 5.74) is 4.63. The van der Waals surface area contributed by atoms with Crippen LogP contribution in [-0.2, 0) is 0 Å². The summed E-state index contributed by atoms with van der Waals surface area (Å²) >= 11 is 3.28. The van der Waals surface area contributed by atoms with Crippen molar-refractivity contribution >= 4 is 67.4 Å². The van der Waals surface area contributed by atoms with Crippen molar-refractivity contribution in [3.8, 4) is 5.75 Å². The second kappa shape index (κ2) is 7.86. The SMILES string of the molecule is Cc1cc(/C=C/c2nc3ccccc3s2)c(O)c(/C=C/c2nc3ccccc3s2)c1. The molecule has 0 amide bonds. The molecule has 2 heterocycles. The standard InChI is InChI=1S/C25H18N2OS2/c1-16-14-17(10-12-23-26-19-6-2-4-8-21(19)29-23)25(28)18(15-16)11-13-24-27-20-7-3-5-9-22(20)30-24/h2-15,28H,1H3/b12-10+,13-11+. The molecule has 5 heteroatoms. The van der Waals surface area contributed by atoms with Gasteiger partial charge in [-0.2, -0.15) is 0 Å². The minimum Gasteiger partial charge on any atom is -0.507 e. The summed E-state index contributed by atoms with van der Waals surface area (Å²) in [5, 5.41) is 12.7. The number of thiazole rings is 2. The largest absolute Gasteiger partial charge is 0.507 e. The molecule has 0 spiro atoms. The molecule has 3 aromatic carbocycles. The van der Waals surface area contributed by atoms with E-state index in [2.05, 4.69) is 22.1 Å². The highest BCUT2D eigenvalue weighted by Gasteiger charge is 2.07. The number of hydrogen-bond acceptors (Lipinski definition) is 5. The Balaban J connectivity index is 1.45. The summed E-state index contributed by atoms with van der Waals surface area (Å²) in [7, 11) is 0. The number of phenols is 1. The molecule has 0 atom stereocenters. The predicted octanol–water partition coefficient (Wildman–Crippen LogP) is 7.26. The second-order valence-corrected chi connectivity index (χ2v) is 9.12. The number of benzene rings is 3. The molecule has 3 nitrogen and oxygen atoms in total. The van der Waals surface area contributed by atoms with Crippen LogP contribution < -0.4 is 0 Å². The number of aromatic hydroxyl groups is 1. The molecule has 0 radical (unpaired) electrons. The maximum absolute atomic E-state index is 10.8. The minimum atomic E-state index is 0.260. The molecule has 0 unspecified atom stereocenters. The third kappa shape index (κ3) is 3.77. The van der Waals surface area contributed by atoms with Crippen molar-refractivity contribution in [2.75, 3.05) is 0 Å². The smallest absolute Gasteiger partial charge is 0.130 e. The summed E-state index contributed by atoms with van der Waals surface area (Å²) in [6.07, 6.45) is 7.77. The molecule has 0 saturated carbocycles. The van der Waals surface area contributed by atoms with Crippen LogP contribution in [0.4, 0.5) is 0 Å². The van der Waals surface area contributed by atoms with E-state index in [4.69, 9.17) is 0 Å². The highest BCUT2D eigenvalue weighted by Crippen LogP contribution is 2.30. The van der Waals surface area contributed by atoms with Crippen molar-refractivity contribution in [2.45, 2.75) is 6.92 Å². The van der Waals surface area contributed by atoms with Crippen LogP contribution in [0.15, 0.2) is 60.7 Å². The first-order valence-corrected chi connectivity index (χ1v) is 11.2. The average molecular weight is 427 g/mol. The van der Waals surface area contributed by atoms with Gasteiger partial charge in [0, 0.05) is 11.1 Å². The quantitative estimate of drug-likeness (QED) is 0.329. The van der Waals surface area contributed by atoms with Crippen molar-refractivity contribution in [3.05, 3.63) is 87.4 Å².